The Bertz CT molecular complexity index is 638. The smallest absolute Gasteiger partial charge is 0.127 e. The summed E-state index contributed by atoms with van der Waals surface area (Å²) in [5, 5.41) is 0. The summed E-state index contributed by atoms with van der Waals surface area (Å²) in [5.41, 5.74) is 3.63. The summed E-state index contributed by atoms with van der Waals surface area (Å²) in [6.07, 6.45) is 0.977. The van der Waals surface area contributed by atoms with Gasteiger partial charge in [0.05, 0.1) is 18.0 Å². The fraction of sp³-hybridized carbons (Fsp3) is 0.294. The Morgan fingerprint density at radius 1 is 1.24 bits per heavy atom. The largest absolute Gasteiger partial charge is 0.494 e. The van der Waals surface area contributed by atoms with E-state index in [4.69, 9.17) is 9.47 Å². The standard InChI is InChI=1S/C17H16Br2O2/c1-2-20-14-5-3-11(4-6-14)16(19)15-10-13(18)9-12-7-8-21-17(12)15/h3-6,9-10,16H,2,7-8H2,1H3. The molecule has 110 valence electrons. The molecule has 1 heterocycles. The predicted molar refractivity (Wildman–Crippen MR) is 91.7 cm³/mol. The first kappa shape index (κ1) is 14.9. The molecule has 0 N–H and O–H groups in total. The topological polar surface area (TPSA) is 18.5 Å². The van der Waals surface area contributed by atoms with Gasteiger partial charge in [-0.25, -0.2) is 0 Å². The van der Waals surface area contributed by atoms with Crippen molar-refractivity contribution < 1.29 is 9.47 Å². The van der Waals surface area contributed by atoms with Crippen LogP contribution in [-0.4, -0.2) is 13.2 Å². The Kier molecular flexibility index (Phi) is 4.55. The monoisotopic (exact) mass is 410 g/mol. The van der Waals surface area contributed by atoms with Gasteiger partial charge < -0.3 is 9.47 Å². The van der Waals surface area contributed by atoms with Crippen LogP contribution < -0.4 is 9.47 Å². The highest BCUT2D eigenvalue weighted by Crippen LogP contribution is 2.42. The zero-order chi connectivity index (χ0) is 14.8. The average Bonchev–Trinajstić information content (AvgIpc) is 2.95. The minimum absolute atomic E-state index is 0.109. The van der Waals surface area contributed by atoms with Crippen molar-refractivity contribution in [3.05, 3.63) is 57.6 Å². The zero-order valence-electron chi connectivity index (χ0n) is 11.7. The minimum atomic E-state index is 0.109. The second kappa shape index (κ2) is 6.41. The fourth-order valence-corrected chi connectivity index (χ4v) is 3.73. The summed E-state index contributed by atoms with van der Waals surface area (Å²) in [4.78, 5) is 0.109. The molecule has 1 unspecified atom stereocenters. The van der Waals surface area contributed by atoms with Gasteiger partial charge in [0.2, 0.25) is 0 Å². The number of fused-ring (bicyclic) bond motifs is 1. The van der Waals surface area contributed by atoms with E-state index in [1.165, 1.54) is 16.7 Å². The first-order valence-corrected chi connectivity index (χ1v) is 8.72. The fourth-order valence-electron chi connectivity index (χ4n) is 2.57. The Balaban J connectivity index is 1.93. The van der Waals surface area contributed by atoms with Gasteiger partial charge in [-0.1, -0.05) is 44.0 Å². The van der Waals surface area contributed by atoms with E-state index >= 15 is 0 Å². The maximum absolute atomic E-state index is 5.81. The van der Waals surface area contributed by atoms with Crippen LogP contribution >= 0.6 is 31.9 Å². The molecule has 0 bridgehead atoms. The third-order valence-corrected chi connectivity index (χ3v) is 5.01. The van der Waals surface area contributed by atoms with Crippen molar-refractivity contribution >= 4 is 31.9 Å². The van der Waals surface area contributed by atoms with E-state index in [9.17, 15) is 0 Å². The van der Waals surface area contributed by atoms with Gasteiger partial charge in [-0.2, -0.15) is 0 Å². The minimum Gasteiger partial charge on any atom is -0.494 e. The van der Waals surface area contributed by atoms with E-state index in [0.29, 0.717) is 6.61 Å². The molecule has 0 fully saturated rings. The SMILES string of the molecule is CCOc1ccc(C(Br)c2cc(Br)cc3c2OCC3)cc1. The molecule has 21 heavy (non-hydrogen) atoms. The average molecular weight is 412 g/mol. The Hall–Kier alpha value is -1.00. The van der Waals surface area contributed by atoms with Crippen LogP contribution in [0.4, 0.5) is 0 Å². The lowest BCUT2D eigenvalue weighted by Crippen LogP contribution is -1.98. The molecule has 1 aliphatic rings. The third-order valence-electron chi connectivity index (χ3n) is 3.53. The van der Waals surface area contributed by atoms with Crippen molar-refractivity contribution in [3.63, 3.8) is 0 Å². The van der Waals surface area contributed by atoms with Gasteiger partial charge in [-0.05, 0) is 42.3 Å². The number of alkyl halides is 1. The van der Waals surface area contributed by atoms with Crippen molar-refractivity contribution in [3.8, 4) is 11.5 Å². The molecule has 0 saturated carbocycles. The molecular weight excluding hydrogens is 396 g/mol. The highest BCUT2D eigenvalue weighted by atomic mass is 79.9. The summed E-state index contributed by atoms with van der Waals surface area (Å²) in [5.74, 6) is 1.92. The quantitative estimate of drug-likeness (QED) is 0.638. The molecule has 2 aromatic rings. The first-order valence-electron chi connectivity index (χ1n) is 7.01. The van der Waals surface area contributed by atoms with Crippen LogP contribution in [0.25, 0.3) is 0 Å². The van der Waals surface area contributed by atoms with Crippen LogP contribution in [-0.2, 0) is 6.42 Å². The lowest BCUT2D eigenvalue weighted by atomic mass is 10.0. The molecular formula is C17H16Br2O2. The molecule has 0 spiro atoms. The Labute approximate surface area is 141 Å². The van der Waals surface area contributed by atoms with Gasteiger partial charge >= 0.3 is 0 Å². The van der Waals surface area contributed by atoms with Crippen molar-refractivity contribution in [1.29, 1.82) is 0 Å². The van der Waals surface area contributed by atoms with E-state index in [1.54, 1.807) is 0 Å². The first-order chi connectivity index (χ1) is 10.2. The maximum Gasteiger partial charge on any atom is 0.127 e. The van der Waals surface area contributed by atoms with E-state index in [1.807, 2.05) is 19.1 Å². The highest BCUT2D eigenvalue weighted by molar-refractivity contribution is 9.10. The lowest BCUT2D eigenvalue weighted by Gasteiger charge is -2.16. The number of hydrogen-bond acceptors (Lipinski definition) is 2. The molecule has 0 amide bonds. The van der Waals surface area contributed by atoms with Crippen LogP contribution in [0.3, 0.4) is 0 Å². The van der Waals surface area contributed by atoms with Crippen molar-refractivity contribution in [2.45, 2.75) is 18.2 Å². The molecule has 4 heteroatoms. The van der Waals surface area contributed by atoms with Crippen LogP contribution in [0.15, 0.2) is 40.9 Å². The summed E-state index contributed by atoms with van der Waals surface area (Å²) in [6, 6.07) is 12.5. The predicted octanol–water partition coefficient (Wildman–Crippen LogP) is 5.27. The molecule has 1 aliphatic heterocycles. The Morgan fingerprint density at radius 3 is 2.71 bits per heavy atom. The third kappa shape index (κ3) is 3.11. The van der Waals surface area contributed by atoms with Crippen LogP contribution in [0.5, 0.6) is 11.5 Å². The number of benzene rings is 2. The number of ether oxygens (including phenoxy) is 2. The van der Waals surface area contributed by atoms with Gasteiger partial charge in [0, 0.05) is 16.5 Å². The van der Waals surface area contributed by atoms with E-state index in [2.05, 4.69) is 56.1 Å². The molecule has 0 aromatic heterocycles. The van der Waals surface area contributed by atoms with Crippen molar-refractivity contribution in [1.82, 2.24) is 0 Å². The van der Waals surface area contributed by atoms with E-state index in [0.717, 1.165) is 29.0 Å². The van der Waals surface area contributed by atoms with Gasteiger partial charge in [0.1, 0.15) is 11.5 Å². The number of rotatable bonds is 4. The van der Waals surface area contributed by atoms with Gasteiger partial charge in [-0.15, -0.1) is 0 Å². The number of halogens is 2. The van der Waals surface area contributed by atoms with Crippen molar-refractivity contribution in [2.24, 2.45) is 0 Å². The van der Waals surface area contributed by atoms with Gasteiger partial charge in [-0.3, -0.25) is 0 Å². The second-order valence-corrected chi connectivity index (χ2v) is 6.78. The van der Waals surface area contributed by atoms with Crippen LogP contribution in [0.2, 0.25) is 0 Å². The van der Waals surface area contributed by atoms with Gasteiger partial charge in [0.25, 0.3) is 0 Å². The summed E-state index contributed by atoms with van der Waals surface area (Å²) in [6.45, 7) is 3.44. The van der Waals surface area contributed by atoms with E-state index in [-0.39, 0.29) is 4.83 Å². The molecule has 0 saturated heterocycles. The number of hydrogen-bond donors (Lipinski definition) is 0. The van der Waals surface area contributed by atoms with Crippen molar-refractivity contribution in [2.75, 3.05) is 13.2 Å². The summed E-state index contributed by atoms with van der Waals surface area (Å²) < 4.78 is 12.4. The molecule has 3 rings (SSSR count). The normalized spacial score (nSPS) is 14.4. The summed E-state index contributed by atoms with van der Waals surface area (Å²) >= 11 is 7.40. The molecule has 0 radical (unpaired) electrons. The van der Waals surface area contributed by atoms with E-state index < -0.39 is 0 Å². The maximum atomic E-state index is 5.81. The Morgan fingerprint density at radius 2 is 2.00 bits per heavy atom. The molecule has 1 atom stereocenters. The molecule has 0 aliphatic carbocycles. The second-order valence-electron chi connectivity index (χ2n) is 4.95. The zero-order valence-corrected chi connectivity index (χ0v) is 14.9. The molecule has 2 nitrogen and oxygen atoms in total. The highest BCUT2D eigenvalue weighted by Gasteiger charge is 2.22. The summed E-state index contributed by atoms with van der Waals surface area (Å²) in [7, 11) is 0. The molecule has 2 aromatic carbocycles. The van der Waals surface area contributed by atoms with Gasteiger partial charge in [0.15, 0.2) is 0 Å². The van der Waals surface area contributed by atoms with Crippen LogP contribution in [0, 0.1) is 0 Å². The lowest BCUT2D eigenvalue weighted by molar-refractivity contribution is 0.340. The van der Waals surface area contributed by atoms with Crippen LogP contribution in [0.1, 0.15) is 28.4 Å².